The molecule has 1 N–H and O–H groups in total. The molecule has 3 aliphatic heterocycles. The smallest absolute Gasteiger partial charge is 0.228 e. The summed E-state index contributed by atoms with van der Waals surface area (Å²) in [5, 5.41) is 12.2. The molecule has 1 atom stereocenters. The van der Waals surface area contributed by atoms with Crippen molar-refractivity contribution in [3.05, 3.63) is 24.0 Å². The minimum absolute atomic E-state index is 0.519. The van der Waals surface area contributed by atoms with Crippen LogP contribution in [0.15, 0.2) is 18.3 Å². The number of hydrogen-bond acceptors (Lipinski definition) is 4. The van der Waals surface area contributed by atoms with Gasteiger partial charge in [0.15, 0.2) is 0 Å². The fourth-order valence-electron chi connectivity index (χ4n) is 3.48. The van der Waals surface area contributed by atoms with Gasteiger partial charge in [0.25, 0.3) is 0 Å². The number of nitrogens with one attached hydrogen (secondary N) is 1. The van der Waals surface area contributed by atoms with Crippen LogP contribution >= 0.6 is 0 Å². The van der Waals surface area contributed by atoms with Crippen LogP contribution in [0.4, 0.5) is 5.95 Å². The summed E-state index contributed by atoms with van der Waals surface area (Å²) in [6.07, 6.45) is 4.68. The summed E-state index contributed by atoms with van der Waals surface area (Å²) in [6.45, 7) is 5.67. The molecule has 5 heterocycles. The highest BCUT2D eigenvalue weighted by Crippen LogP contribution is 2.29. The Hall–Kier alpha value is -1.62. The summed E-state index contributed by atoms with van der Waals surface area (Å²) in [7, 11) is 0. The third-order valence-electron chi connectivity index (χ3n) is 4.61. The van der Waals surface area contributed by atoms with E-state index in [0.29, 0.717) is 6.04 Å². The van der Waals surface area contributed by atoms with Crippen molar-refractivity contribution in [2.75, 3.05) is 25.0 Å². The zero-order chi connectivity index (χ0) is 12.8. The number of fused-ring (bicyclic) bond motifs is 4. The number of nitrogens with zero attached hydrogens (tertiary/aromatic N) is 4. The summed E-state index contributed by atoms with van der Waals surface area (Å²) >= 11 is 0. The average molecular weight is 257 g/mol. The summed E-state index contributed by atoms with van der Waals surface area (Å²) in [5.74, 6) is 1.67. The SMILES string of the molecule is Cc1nnc(NC2CN3CCC2CC3)n2cccc12. The first kappa shape index (κ1) is 11.2. The van der Waals surface area contributed by atoms with Gasteiger partial charge in [-0.1, -0.05) is 0 Å². The second-order valence-corrected chi connectivity index (χ2v) is 5.76. The highest BCUT2D eigenvalue weighted by molar-refractivity contribution is 5.55. The second kappa shape index (κ2) is 4.20. The number of hydrogen-bond donors (Lipinski definition) is 1. The maximum absolute atomic E-state index is 4.34. The molecule has 0 saturated carbocycles. The van der Waals surface area contributed by atoms with Crippen LogP contribution in [0.5, 0.6) is 0 Å². The van der Waals surface area contributed by atoms with Crippen LogP contribution in [0.25, 0.3) is 5.52 Å². The predicted octanol–water partition coefficient (Wildman–Crippen LogP) is 1.54. The fourth-order valence-corrected chi connectivity index (χ4v) is 3.48. The minimum Gasteiger partial charge on any atom is -0.350 e. The lowest BCUT2D eigenvalue weighted by molar-refractivity contribution is 0.0971. The molecule has 5 rings (SSSR count). The molecule has 5 heteroatoms. The van der Waals surface area contributed by atoms with Gasteiger partial charge in [0.2, 0.25) is 5.95 Å². The van der Waals surface area contributed by atoms with E-state index in [2.05, 4.69) is 37.1 Å². The van der Waals surface area contributed by atoms with Gasteiger partial charge in [0.05, 0.1) is 11.2 Å². The number of aryl methyl sites for hydroxylation is 1. The predicted molar refractivity (Wildman–Crippen MR) is 74.3 cm³/mol. The highest BCUT2D eigenvalue weighted by Gasteiger charge is 2.34. The highest BCUT2D eigenvalue weighted by atomic mass is 15.3. The van der Waals surface area contributed by atoms with E-state index in [0.717, 1.165) is 29.6 Å². The summed E-state index contributed by atoms with van der Waals surface area (Å²) in [4.78, 5) is 2.55. The van der Waals surface area contributed by atoms with Crippen molar-refractivity contribution in [2.24, 2.45) is 5.92 Å². The van der Waals surface area contributed by atoms with E-state index in [9.17, 15) is 0 Å². The van der Waals surface area contributed by atoms with Crippen molar-refractivity contribution in [1.29, 1.82) is 0 Å². The lowest BCUT2D eigenvalue weighted by Gasteiger charge is -2.45. The first-order chi connectivity index (χ1) is 9.31. The molecule has 0 amide bonds. The first-order valence-electron chi connectivity index (χ1n) is 7.10. The largest absolute Gasteiger partial charge is 0.350 e. The lowest BCUT2D eigenvalue weighted by Crippen LogP contribution is -2.53. The molecule has 0 aliphatic carbocycles. The Morgan fingerprint density at radius 3 is 2.84 bits per heavy atom. The van der Waals surface area contributed by atoms with Gasteiger partial charge in [0, 0.05) is 18.8 Å². The molecular formula is C14H19N5. The monoisotopic (exact) mass is 257 g/mol. The normalized spacial score (nSPS) is 29.8. The molecule has 1 unspecified atom stereocenters. The number of piperidine rings is 3. The van der Waals surface area contributed by atoms with Crippen LogP contribution in [0.1, 0.15) is 18.5 Å². The third-order valence-corrected chi connectivity index (χ3v) is 4.61. The molecule has 5 nitrogen and oxygen atoms in total. The van der Waals surface area contributed by atoms with Crippen molar-refractivity contribution in [1.82, 2.24) is 19.5 Å². The Kier molecular flexibility index (Phi) is 2.48. The zero-order valence-electron chi connectivity index (χ0n) is 11.2. The van der Waals surface area contributed by atoms with E-state index in [1.165, 1.54) is 25.9 Å². The summed E-state index contributed by atoms with van der Waals surface area (Å²) in [6, 6.07) is 4.66. The van der Waals surface area contributed by atoms with Crippen molar-refractivity contribution in [2.45, 2.75) is 25.8 Å². The van der Waals surface area contributed by atoms with Crippen molar-refractivity contribution in [3.8, 4) is 0 Å². The van der Waals surface area contributed by atoms with Gasteiger partial charge in [-0.25, -0.2) is 0 Å². The summed E-state index contributed by atoms with van der Waals surface area (Å²) in [5.41, 5.74) is 2.11. The van der Waals surface area contributed by atoms with Crippen molar-refractivity contribution >= 4 is 11.5 Å². The van der Waals surface area contributed by atoms with Gasteiger partial charge >= 0.3 is 0 Å². The molecule has 100 valence electrons. The Labute approximate surface area is 112 Å². The van der Waals surface area contributed by atoms with Crippen LogP contribution in [0.3, 0.4) is 0 Å². The van der Waals surface area contributed by atoms with E-state index < -0.39 is 0 Å². The van der Waals surface area contributed by atoms with Crippen LogP contribution in [-0.2, 0) is 0 Å². The zero-order valence-corrected chi connectivity index (χ0v) is 11.2. The van der Waals surface area contributed by atoms with Gasteiger partial charge < -0.3 is 10.2 Å². The number of aromatic nitrogens is 3. The number of anilines is 1. The molecule has 2 aromatic heterocycles. The third kappa shape index (κ3) is 1.80. The topological polar surface area (TPSA) is 45.5 Å². The fraction of sp³-hybridized carbons (Fsp3) is 0.571. The maximum Gasteiger partial charge on any atom is 0.228 e. The van der Waals surface area contributed by atoms with Gasteiger partial charge in [-0.3, -0.25) is 4.40 Å². The molecule has 2 aromatic rings. The first-order valence-corrected chi connectivity index (χ1v) is 7.10. The molecular weight excluding hydrogens is 238 g/mol. The number of rotatable bonds is 2. The van der Waals surface area contributed by atoms with Crippen molar-refractivity contribution < 1.29 is 0 Å². The van der Waals surface area contributed by atoms with Gasteiger partial charge in [-0.15, -0.1) is 5.10 Å². The van der Waals surface area contributed by atoms with E-state index >= 15 is 0 Å². The van der Waals surface area contributed by atoms with Crippen LogP contribution in [0.2, 0.25) is 0 Å². The second-order valence-electron chi connectivity index (χ2n) is 5.76. The Morgan fingerprint density at radius 2 is 2.11 bits per heavy atom. The maximum atomic E-state index is 4.34. The van der Waals surface area contributed by atoms with Crippen LogP contribution in [0, 0.1) is 12.8 Å². The van der Waals surface area contributed by atoms with E-state index in [-0.39, 0.29) is 0 Å². The molecule has 3 fully saturated rings. The Morgan fingerprint density at radius 1 is 1.26 bits per heavy atom. The standard InChI is InChI=1S/C14H19N5/c1-10-13-3-2-6-19(13)14(17-16-10)15-12-9-18-7-4-11(12)5-8-18/h2-3,6,11-12H,4-5,7-9H2,1H3,(H,15,17). The van der Waals surface area contributed by atoms with Gasteiger partial charge in [-0.2, -0.15) is 5.10 Å². The average Bonchev–Trinajstić information content (AvgIpc) is 2.94. The minimum atomic E-state index is 0.519. The Bertz CT molecular complexity index is 597. The molecule has 2 bridgehead atoms. The molecule has 3 aliphatic rings. The lowest BCUT2D eigenvalue weighted by atomic mass is 9.84. The van der Waals surface area contributed by atoms with E-state index in [4.69, 9.17) is 0 Å². The van der Waals surface area contributed by atoms with Gasteiger partial charge in [-0.05, 0) is 50.9 Å². The van der Waals surface area contributed by atoms with Gasteiger partial charge in [0.1, 0.15) is 0 Å². The molecule has 0 aromatic carbocycles. The quantitative estimate of drug-likeness (QED) is 0.886. The van der Waals surface area contributed by atoms with Crippen molar-refractivity contribution in [3.63, 3.8) is 0 Å². The molecule has 0 spiro atoms. The molecule has 19 heavy (non-hydrogen) atoms. The summed E-state index contributed by atoms with van der Waals surface area (Å²) < 4.78 is 2.11. The molecule has 3 saturated heterocycles. The van der Waals surface area contributed by atoms with Crippen LogP contribution in [-0.4, -0.2) is 45.2 Å². The van der Waals surface area contributed by atoms with Crippen LogP contribution < -0.4 is 5.32 Å². The Balaban J connectivity index is 1.65. The molecule has 0 radical (unpaired) electrons. The van der Waals surface area contributed by atoms with E-state index in [1.54, 1.807) is 0 Å². The van der Waals surface area contributed by atoms with E-state index in [1.807, 2.05) is 13.0 Å².